The fourth-order valence-corrected chi connectivity index (χ4v) is 4.60. The lowest BCUT2D eigenvalue weighted by atomic mass is 9.96. The van der Waals surface area contributed by atoms with Crippen molar-refractivity contribution in [1.29, 1.82) is 0 Å². The van der Waals surface area contributed by atoms with Crippen LogP contribution in [-0.2, 0) is 6.54 Å². The molecule has 0 atom stereocenters. The summed E-state index contributed by atoms with van der Waals surface area (Å²) in [7, 11) is 1.78. The predicted molar refractivity (Wildman–Crippen MR) is 129 cm³/mol. The van der Waals surface area contributed by atoms with Gasteiger partial charge in [0, 0.05) is 37.5 Å². The summed E-state index contributed by atoms with van der Waals surface area (Å²) in [5.74, 6) is 0.148. The van der Waals surface area contributed by atoms with E-state index in [2.05, 4.69) is 20.9 Å². The molecule has 176 valence electrons. The highest BCUT2D eigenvalue weighted by Gasteiger charge is 2.32. The number of hydrogen-bond donors (Lipinski definition) is 3. The highest BCUT2D eigenvalue weighted by Crippen LogP contribution is 2.36. The molecule has 1 saturated carbocycles. The van der Waals surface area contributed by atoms with Crippen molar-refractivity contribution in [2.45, 2.75) is 58.5 Å². The molecule has 0 spiro atoms. The number of amides is 4. The lowest BCUT2D eigenvalue weighted by Gasteiger charge is -2.37. The molecule has 4 rings (SSSR count). The van der Waals surface area contributed by atoms with Crippen molar-refractivity contribution in [3.8, 4) is 0 Å². The monoisotopic (exact) mass is 454 g/mol. The second-order valence-corrected chi connectivity index (χ2v) is 8.61. The quantitative estimate of drug-likeness (QED) is 0.594. The maximum Gasteiger partial charge on any atom is 0.329 e. The fourth-order valence-electron chi connectivity index (χ4n) is 4.60. The number of fused-ring (bicyclic) bond motifs is 1. The molecule has 1 fully saturated rings. The largest absolute Gasteiger partial charge is 0.373 e. The maximum absolute atomic E-state index is 14.7. The molecule has 4 amide bonds. The number of hydrogen-bond acceptors (Lipinski definition) is 4. The zero-order valence-corrected chi connectivity index (χ0v) is 19.4. The second-order valence-electron chi connectivity index (χ2n) is 8.61. The molecular weight excluding hydrogens is 423 g/mol. The van der Waals surface area contributed by atoms with Gasteiger partial charge in [-0.15, -0.1) is 0 Å². The topological polar surface area (TPSA) is 89.6 Å². The molecule has 0 unspecified atom stereocenters. The summed E-state index contributed by atoms with van der Waals surface area (Å²) in [6.07, 6.45) is 6.98. The van der Waals surface area contributed by atoms with Crippen LogP contribution in [0.2, 0.25) is 0 Å². The van der Waals surface area contributed by atoms with Crippen molar-refractivity contribution in [1.82, 2.24) is 10.3 Å². The van der Waals surface area contributed by atoms with E-state index in [0.29, 0.717) is 30.2 Å². The first-order valence-corrected chi connectivity index (χ1v) is 11.5. The van der Waals surface area contributed by atoms with Crippen LogP contribution in [0.1, 0.15) is 50.2 Å². The Hall–Kier alpha value is -3.36. The maximum atomic E-state index is 14.7. The van der Waals surface area contributed by atoms with Crippen molar-refractivity contribution in [2.24, 2.45) is 0 Å². The Morgan fingerprint density at radius 2 is 1.94 bits per heavy atom. The number of carbonyl (C=O) groups is 2. The number of benzene rings is 1. The summed E-state index contributed by atoms with van der Waals surface area (Å²) in [5.41, 5.74) is 2.91. The molecule has 9 heteroatoms. The van der Waals surface area contributed by atoms with Crippen molar-refractivity contribution < 1.29 is 14.0 Å². The fraction of sp³-hybridized carbons (Fsp3) is 0.458. The van der Waals surface area contributed by atoms with E-state index >= 15 is 0 Å². The number of nitrogens with one attached hydrogen (secondary N) is 3. The minimum Gasteiger partial charge on any atom is -0.373 e. The van der Waals surface area contributed by atoms with Crippen molar-refractivity contribution >= 4 is 34.9 Å². The van der Waals surface area contributed by atoms with Gasteiger partial charge < -0.3 is 16.0 Å². The zero-order chi connectivity index (χ0) is 23.5. The van der Waals surface area contributed by atoms with Crippen LogP contribution in [0, 0.1) is 12.7 Å². The minimum atomic E-state index is -0.535. The van der Waals surface area contributed by atoms with Gasteiger partial charge in [0.15, 0.2) is 0 Å². The van der Waals surface area contributed by atoms with Gasteiger partial charge in [-0.25, -0.2) is 19.0 Å². The number of halogens is 1. The van der Waals surface area contributed by atoms with Crippen LogP contribution in [-0.4, -0.2) is 36.7 Å². The normalized spacial score (nSPS) is 16.4. The Balaban J connectivity index is 1.60. The third-order valence-electron chi connectivity index (χ3n) is 6.38. The van der Waals surface area contributed by atoms with Crippen LogP contribution < -0.4 is 25.8 Å². The molecule has 0 radical (unpaired) electrons. The number of carbonyl (C=O) groups excluding carboxylic acids is 2. The smallest absolute Gasteiger partial charge is 0.329 e. The number of rotatable bonds is 5. The molecular formula is C24H31FN6O2. The van der Waals surface area contributed by atoms with Gasteiger partial charge in [-0.05, 0) is 44.4 Å². The summed E-state index contributed by atoms with van der Waals surface area (Å²) in [5, 5.41) is 8.58. The molecule has 2 aromatic rings. The van der Waals surface area contributed by atoms with Gasteiger partial charge in [-0.1, -0.05) is 19.3 Å². The number of pyridine rings is 1. The third kappa shape index (κ3) is 4.72. The molecule has 0 saturated heterocycles. The molecule has 8 nitrogen and oxygen atoms in total. The first kappa shape index (κ1) is 22.8. The first-order chi connectivity index (χ1) is 15.9. The Morgan fingerprint density at radius 3 is 2.64 bits per heavy atom. The second kappa shape index (κ2) is 9.64. The highest BCUT2D eigenvalue weighted by atomic mass is 19.1. The Morgan fingerprint density at radius 1 is 1.18 bits per heavy atom. The van der Waals surface area contributed by atoms with E-state index in [1.54, 1.807) is 30.0 Å². The number of urea groups is 2. The minimum absolute atomic E-state index is 0.0502. The standard InChI is InChI=1S/C24H31FN6O2/c1-4-30-21-12-22(26-3)27-13-16(21)14-31(24(30)33)20-11-19(18(25)10-15(20)2)29-23(32)28-17-8-6-5-7-9-17/h10-13,17H,4-9,14H2,1-3H3,(H,26,27)(H2,28,29,32). The lowest BCUT2D eigenvalue weighted by Crippen LogP contribution is -2.47. The van der Waals surface area contributed by atoms with E-state index < -0.39 is 11.8 Å². The zero-order valence-electron chi connectivity index (χ0n) is 19.4. The van der Waals surface area contributed by atoms with Gasteiger partial charge in [0.25, 0.3) is 0 Å². The molecule has 3 N–H and O–H groups in total. The molecule has 2 heterocycles. The Labute approximate surface area is 193 Å². The third-order valence-corrected chi connectivity index (χ3v) is 6.38. The van der Waals surface area contributed by atoms with Crippen LogP contribution in [0.4, 0.5) is 36.9 Å². The van der Waals surface area contributed by atoms with Crippen LogP contribution in [0.25, 0.3) is 0 Å². The summed E-state index contributed by atoms with van der Waals surface area (Å²) in [4.78, 5) is 33.5. The van der Waals surface area contributed by atoms with Crippen molar-refractivity contribution in [3.05, 3.63) is 41.3 Å². The van der Waals surface area contributed by atoms with Crippen LogP contribution in [0.15, 0.2) is 24.4 Å². The van der Waals surface area contributed by atoms with Gasteiger partial charge in [0.05, 0.1) is 23.6 Å². The highest BCUT2D eigenvalue weighted by molar-refractivity contribution is 6.07. The number of aromatic nitrogens is 1. The molecule has 2 aliphatic rings. The molecule has 1 aromatic heterocycles. The Bertz CT molecular complexity index is 1050. The average Bonchev–Trinajstić information content (AvgIpc) is 2.81. The van der Waals surface area contributed by atoms with Crippen LogP contribution in [0.5, 0.6) is 0 Å². The predicted octanol–water partition coefficient (Wildman–Crippen LogP) is 4.99. The van der Waals surface area contributed by atoms with E-state index in [1.165, 1.54) is 18.6 Å². The summed E-state index contributed by atoms with van der Waals surface area (Å²) >= 11 is 0. The van der Waals surface area contributed by atoms with Crippen molar-refractivity contribution in [2.75, 3.05) is 34.0 Å². The van der Waals surface area contributed by atoms with Crippen LogP contribution >= 0.6 is 0 Å². The van der Waals surface area contributed by atoms with Gasteiger partial charge in [-0.2, -0.15) is 0 Å². The summed E-state index contributed by atoms with van der Waals surface area (Å²) < 4.78 is 14.7. The number of nitrogens with zero attached hydrogens (tertiary/aromatic N) is 3. The average molecular weight is 455 g/mol. The van der Waals surface area contributed by atoms with Gasteiger partial charge in [0.1, 0.15) is 11.6 Å². The molecule has 33 heavy (non-hydrogen) atoms. The first-order valence-electron chi connectivity index (χ1n) is 11.5. The lowest BCUT2D eigenvalue weighted by molar-refractivity contribution is 0.244. The van der Waals surface area contributed by atoms with Gasteiger partial charge >= 0.3 is 12.1 Å². The summed E-state index contributed by atoms with van der Waals surface area (Å²) in [6.45, 7) is 4.45. The number of anilines is 4. The summed E-state index contributed by atoms with van der Waals surface area (Å²) in [6, 6.07) is 4.23. The Kier molecular flexibility index (Phi) is 6.67. The SMILES string of the molecule is CCN1C(=O)N(c2cc(NC(=O)NC3CCCCC3)c(F)cc2C)Cc2cnc(NC)cc21. The van der Waals surface area contributed by atoms with Gasteiger partial charge in [-0.3, -0.25) is 9.80 Å². The van der Waals surface area contributed by atoms with Gasteiger partial charge in [0.2, 0.25) is 0 Å². The molecule has 1 aliphatic heterocycles. The molecule has 0 bridgehead atoms. The van der Waals surface area contributed by atoms with E-state index in [0.717, 1.165) is 36.9 Å². The number of aryl methyl sites for hydroxylation is 1. The molecule has 1 aromatic carbocycles. The molecule has 1 aliphatic carbocycles. The van der Waals surface area contributed by atoms with Crippen LogP contribution in [0.3, 0.4) is 0 Å². The van der Waals surface area contributed by atoms with E-state index in [1.807, 2.05) is 13.0 Å². The van der Waals surface area contributed by atoms with E-state index in [9.17, 15) is 14.0 Å². The van der Waals surface area contributed by atoms with Crippen molar-refractivity contribution in [3.63, 3.8) is 0 Å². The van der Waals surface area contributed by atoms with E-state index in [4.69, 9.17) is 0 Å². The van der Waals surface area contributed by atoms with E-state index in [-0.39, 0.29) is 17.8 Å².